The lowest BCUT2D eigenvalue weighted by molar-refractivity contribution is -0.115. The molecule has 1 aliphatic heterocycles. The highest BCUT2D eigenvalue weighted by Gasteiger charge is 2.22. The van der Waals surface area contributed by atoms with Gasteiger partial charge in [0, 0.05) is 0 Å². The highest BCUT2D eigenvalue weighted by Crippen LogP contribution is 2.27. The van der Waals surface area contributed by atoms with Crippen molar-refractivity contribution in [2.24, 2.45) is 0 Å². The summed E-state index contributed by atoms with van der Waals surface area (Å²) in [6, 6.07) is 3.92. The number of amides is 1. The van der Waals surface area contributed by atoms with Gasteiger partial charge in [0.2, 0.25) is 0 Å². The second-order valence-corrected chi connectivity index (χ2v) is 6.07. The van der Waals surface area contributed by atoms with Crippen LogP contribution in [0, 0.1) is 6.92 Å². The van der Waals surface area contributed by atoms with Crippen molar-refractivity contribution in [2.45, 2.75) is 6.92 Å². The lowest BCUT2D eigenvalue weighted by Crippen LogP contribution is -2.17. The van der Waals surface area contributed by atoms with Gasteiger partial charge in [-0.05, 0) is 36.3 Å². The first-order valence-corrected chi connectivity index (χ1v) is 7.07. The highest BCUT2D eigenvalue weighted by atomic mass is 32.2. The van der Waals surface area contributed by atoms with Gasteiger partial charge in [-0.3, -0.25) is 4.79 Å². The Bertz CT molecular complexity index is 705. The summed E-state index contributed by atoms with van der Waals surface area (Å²) in [6.45, 7) is 1.98. The van der Waals surface area contributed by atoms with E-state index in [1.54, 1.807) is 0 Å². The Morgan fingerprint density at radius 1 is 1.39 bits per heavy atom. The van der Waals surface area contributed by atoms with E-state index in [0.717, 1.165) is 22.2 Å². The van der Waals surface area contributed by atoms with Crippen LogP contribution >= 0.6 is 35.7 Å². The number of carbonyl (C=O) groups excluding carboxylic acids is 1. The molecule has 0 atom stereocenters. The van der Waals surface area contributed by atoms with Gasteiger partial charge in [-0.25, -0.2) is 0 Å². The molecule has 0 saturated carbocycles. The molecule has 1 aromatic heterocycles. The highest BCUT2D eigenvalue weighted by molar-refractivity contribution is 8.26. The first-order valence-electron chi connectivity index (χ1n) is 5.11. The molecule has 4 nitrogen and oxygen atoms in total. The topological polar surface area (TPSA) is 54.9 Å². The van der Waals surface area contributed by atoms with Gasteiger partial charge in [0.15, 0.2) is 0 Å². The molecular weight excluding hydrogens is 286 g/mol. The maximum absolute atomic E-state index is 11.6. The second kappa shape index (κ2) is 4.42. The average molecular weight is 293 g/mol. The first kappa shape index (κ1) is 11.8. The van der Waals surface area contributed by atoms with Gasteiger partial charge in [0.25, 0.3) is 5.91 Å². The third kappa shape index (κ3) is 2.05. The third-order valence-electron chi connectivity index (χ3n) is 2.51. The van der Waals surface area contributed by atoms with Gasteiger partial charge in [-0.1, -0.05) is 24.0 Å². The Balaban J connectivity index is 2.07. The van der Waals surface area contributed by atoms with Gasteiger partial charge < -0.3 is 5.32 Å². The lowest BCUT2D eigenvalue weighted by Gasteiger charge is -1.98. The van der Waals surface area contributed by atoms with E-state index in [4.69, 9.17) is 12.2 Å². The van der Waals surface area contributed by atoms with Crippen LogP contribution in [-0.4, -0.2) is 19.0 Å². The van der Waals surface area contributed by atoms with Crippen molar-refractivity contribution in [1.29, 1.82) is 0 Å². The lowest BCUT2D eigenvalue weighted by atomic mass is 10.1. The first-order chi connectivity index (χ1) is 8.63. The minimum Gasteiger partial charge on any atom is -0.307 e. The summed E-state index contributed by atoms with van der Waals surface area (Å²) >= 11 is 7.42. The van der Waals surface area contributed by atoms with Crippen LogP contribution in [0.1, 0.15) is 11.1 Å². The van der Waals surface area contributed by atoms with Crippen molar-refractivity contribution < 1.29 is 4.79 Å². The summed E-state index contributed by atoms with van der Waals surface area (Å²) in [7, 11) is 0. The molecular formula is C11H7N3OS3. The zero-order valence-corrected chi connectivity index (χ0v) is 11.7. The fraction of sp³-hybridized carbons (Fsp3) is 0.0909. The zero-order valence-electron chi connectivity index (χ0n) is 9.26. The molecule has 0 radical (unpaired) electrons. The van der Waals surface area contributed by atoms with Gasteiger partial charge in [-0.2, -0.15) is 8.75 Å². The molecule has 3 rings (SSSR count). The molecule has 7 heteroatoms. The van der Waals surface area contributed by atoms with Crippen molar-refractivity contribution >= 4 is 63.0 Å². The molecule has 2 aromatic rings. The summed E-state index contributed by atoms with van der Waals surface area (Å²) in [6.07, 6.45) is 1.82. The van der Waals surface area contributed by atoms with Crippen molar-refractivity contribution in [3.05, 3.63) is 28.2 Å². The van der Waals surface area contributed by atoms with E-state index in [-0.39, 0.29) is 5.91 Å². The summed E-state index contributed by atoms with van der Waals surface area (Å²) in [4.78, 5) is 12.2. The number of aromatic nitrogens is 2. The monoisotopic (exact) mass is 293 g/mol. The minimum atomic E-state index is -0.140. The Hall–Kier alpha value is -1.31. The average Bonchev–Trinajstić information content (AvgIpc) is 2.86. The second-order valence-electron chi connectivity index (χ2n) is 3.82. The zero-order chi connectivity index (χ0) is 12.7. The van der Waals surface area contributed by atoms with E-state index >= 15 is 0 Å². The van der Waals surface area contributed by atoms with E-state index in [9.17, 15) is 4.79 Å². The molecule has 0 aliphatic carbocycles. The SMILES string of the molecule is Cc1cc(/C=C2\SC(=S)NC2=O)cc2nsnc12. The van der Waals surface area contributed by atoms with Crippen LogP contribution in [0.5, 0.6) is 0 Å². The number of carbonyl (C=O) groups is 1. The molecule has 90 valence electrons. The summed E-state index contributed by atoms with van der Waals surface area (Å²) in [5, 5.41) is 2.60. The van der Waals surface area contributed by atoms with Crippen LogP contribution in [0.25, 0.3) is 17.1 Å². The Labute approximate surface area is 117 Å². The number of hydrogen-bond acceptors (Lipinski definition) is 6. The normalized spacial score (nSPS) is 17.7. The van der Waals surface area contributed by atoms with E-state index in [1.165, 1.54) is 23.5 Å². The number of nitrogens with zero attached hydrogens (tertiary/aromatic N) is 2. The summed E-state index contributed by atoms with van der Waals surface area (Å²) < 4.78 is 8.94. The van der Waals surface area contributed by atoms with E-state index < -0.39 is 0 Å². The van der Waals surface area contributed by atoms with Crippen molar-refractivity contribution in [1.82, 2.24) is 14.1 Å². The molecule has 1 aromatic carbocycles. The Kier molecular flexibility index (Phi) is 2.89. The molecule has 1 fully saturated rings. The Morgan fingerprint density at radius 2 is 2.22 bits per heavy atom. The number of nitrogens with one attached hydrogen (secondary N) is 1. The van der Waals surface area contributed by atoms with Crippen molar-refractivity contribution in [2.75, 3.05) is 0 Å². The van der Waals surface area contributed by atoms with Crippen LogP contribution in [0.15, 0.2) is 17.0 Å². The summed E-state index contributed by atoms with van der Waals surface area (Å²) in [5.41, 5.74) is 3.77. The number of aryl methyl sites for hydroxylation is 1. The van der Waals surface area contributed by atoms with Crippen LogP contribution < -0.4 is 5.32 Å². The number of rotatable bonds is 1. The van der Waals surface area contributed by atoms with Gasteiger partial charge in [0.1, 0.15) is 15.4 Å². The molecule has 1 aliphatic rings. The van der Waals surface area contributed by atoms with Crippen LogP contribution in [-0.2, 0) is 4.79 Å². The molecule has 0 bridgehead atoms. The van der Waals surface area contributed by atoms with Crippen molar-refractivity contribution in [3.8, 4) is 0 Å². The fourth-order valence-corrected chi connectivity index (χ4v) is 3.37. The summed E-state index contributed by atoms with van der Waals surface area (Å²) in [5.74, 6) is -0.140. The number of fused-ring (bicyclic) bond motifs is 1. The van der Waals surface area contributed by atoms with Crippen LogP contribution in [0.2, 0.25) is 0 Å². The molecule has 18 heavy (non-hydrogen) atoms. The third-order valence-corrected chi connectivity index (χ3v) is 4.22. The number of hydrogen-bond donors (Lipinski definition) is 1. The molecule has 1 saturated heterocycles. The minimum absolute atomic E-state index is 0.140. The van der Waals surface area contributed by atoms with Gasteiger partial charge in [-0.15, -0.1) is 0 Å². The molecule has 0 unspecified atom stereocenters. The smallest absolute Gasteiger partial charge is 0.263 e. The quantitative estimate of drug-likeness (QED) is 0.646. The standard InChI is InChI=1S/C11H7N3OS3/c1-5-2-6(3-7-9(5)14-18-13-7)4-8-10(15)12-11(16)17-8/h2-4H,1H3,(H,12,15,16)/b8-4-. The molecule has 1 amide bonds. The largest absolute Gasteiger partial charge is 0.307 e. The van der Waals surface area contributed by atoms with Crippen LogP contribution in [0.3, 0.4) is 0 Å². The van der Waals surface area contributed by atoms with Crippen LogP contribution in [0.4, 0.5) is 0 Å². The van der Waals surface area contributed by atoms with Gasteiger partial charge >= 0.3 is 0 Å². The Morgan fingerprint density at radius 3 is 2.94 bits per heavy atom. The maximum atomic E-state index is 11.6. The van der Waals surface area contributed by atoms with Crippen molar-refractivity contribution in [3.63, 3.8) is 0 Å². The van der Waals surface area contributed by atoms with E-state index in [2.05, 4.69) is 14.1 Å². The molecule has 1 N–H and O–H groups in total. The van der Waals surface area contributed by atoms with Gasteiger partial charge in [0.05, 0.1) is 16.6 Å². The number of thioether (sulfide) groups is 1. The fourth-order valence-electron chi connectivity index (χ4n) is 1.74. The van der Waals surface area contributed by atoms with E-state index in [1.807, 2.05) is 25.1 Å². The maximum Gasteiger partial charge on any atom is 0.263 e. The number of benzene rings is 1. The van der Waals surface area contributed by atoms with E-state index in [0.29, 0.717) is 9.23 Å². The molecule has 2 heterocycles. The molecule has 0 spiro atoms. The number of thiocarbonyl (C=S) groups is 1. The predicted molar refractivity (Wildman–Crippen MR) is 78.5 cm³/mol. The predicted octanol–water partition coefficient (Wildman–Crippen LogP) is 2.49.